The maximum Gasteiger partial charge on any atom is 0.335 e. The number of nitrogens with zero attached hydrogens (tertiary/aromatic N) is 3. The van der Waals surface area contributed by atoms with Gasteiger partial charge in [-0.05, 0) is 66.4 Å². The van der Waals surface area contributed by atoms with Crippen LogP contribution in [0.4, 0.5) is 5.13 Å². The zero-order valence-electron chi connectivity index (χ0n) is 21.4. The lowest BCUT2D eigenvalue weighted by atomic mass is 9.96. The van der Waals surface area contributed by atoms with E-state index in [1.165, 1.54) is 23.2 Å². The minimum atomic E-state index is -1.08. The zero-order valence-corrected chi connectivity index (χ0v) is 22.2. The van der Waals surface area contributed by atoms with Crippen LogP contribution in [0.3, 0.4) is 0 Å². The second kappa shape index (κ2) is 10.3. The topological polar surface area (TPSA) is 130 Å². The van der Waals surface area contributed by atoms with Crippen LogP contribution in [0.2, 0.25) is 0 Å². The van der Waals surface area contributed by atoms with E-state index < -0.39 is 23.7 Å². The van der Waals surface area contributed by atoms with Crippen LogP contribution in [0.15, 0.2) is 66.5 Å². The number of thiazole rings is 1. The maximum absolute atomic E-state index is 13.4. The molecule has 4 aromatic rings. The average Bonchev–Trinajstić information content (AvgIpc) is 3.45. The van der Waals surface area contributed by atoms with Crippen molar-refractivity contribution in [2.45, 2.75) is 26.8 Å². The Morgan fingerprint density at radius 3 is 2.54 bits per heavy atom. The van der Waals surface area contributed by atoms with Crippen LogP contribution in [0.5, 0.6) is 5.75 Å². The number of ketones is 1. The molecule has 0 radical (unpaired) electrons. The van der Waals surface area contributed by atoms with E-state index in [-0.39, 0.29) is 22.0 Å². The normalized spacial score (nSPS) is 16.8. The molecule has 10 heteroatoms. The first-order valence-corrected chi connectivity index (χ1v) is 13.1. The highest BCUT2D eigenvalue weighted by Gasteiger charge is 2.48. The molecule has 0 bridgehead atoms. The Morgan fingerprint density at radius 2 is 1.87 bits per heavy atom. The standard InChI is InChI=1S/C29H25N3O6S/c1-15(2)14-38-21-9-7-17(11-16(21)3)25(33)23-24(19-5-4-10-30-13-19)32(27(35)26(23)34)29-31-20-8-6-18(28(36)37)12-22(20)39-29/h4-13,15,24,33H,14H2,1-3H3,(H,36,37)/b25-23+. The monoisotopic (exact) mass is 543 g/mol. The molecule has 3 heterocycles. The highest BCUT2D eigenvalue weighted by Crippen LogP contribution is 2.44. The number of carboxylic acids is 1. The Morgan fingerprint density at radius 1 is 1.10 bits per heavy atom. The number of Topliss-reactive ketones (excluding diaryl/α,β-unsaturated/α-hetero) is 1. The molecule has 198 valence electrons. The van der Waals surface area contributed by atoms with Crippen LogP contribution in [0, 0.1) is 12.8 Å². The fourth-order valence-corrected chi connectivity index (χ4v) is 5.43. The Bertz CT molecular complexity index is 1640. The Balaban J connectivity index is 1.63. The van der Waals surface area contributed by atoms with Gasteiger partial charge >= 0.3 is 11.9 Å². The molecule has 1 saturated heterocycles. The van der Waals surface area contributed by atoms with E-state index in [0.717, 1.165) is 16.9 Å². The van der Waals surface area contributed by atoms with Crippen molar-refractivity contribution in [3.8, 4) is 5.75 Å². The number of rotatable bonds is 7. The summed E-state index contributed by atoms with van der Waals surface area (Å²) in [7, 11) is 0. The number of aryl methyl sites for hydroxylation is 1. The molecule has 2 aromatic heterocycles. The Hall–Kier alpha value is -4.57. The third kappa shape index (κ3) is 4.86. The van der Waals surface area contributed by atoms with E-state index in [1.54, 1.807) is 42.6 Å². The molecule has 2 N–H and O–H groups in total. The van der Waals surface area contributed by atoms with E-state index in [9.17, 15) is 24.6 Å². The van der Waals surface area contributed by atoms with Gasteiger partial charge in [0.2, 0.25) is 0 Å². The number of anilines is 1. The lowest BCUT2D eigenvalue weighted by molar-refractivity contribution is -0.132. The number of fused-ring (bicyclic) bond motifs is 1. The summed E-state index contributed by atoms with van der Waals surface area (Å²) >= 11 is 1.09. The molecule has 0 aliphatic carbocycles. The molecule has 9 nitrogen and oxygen atoms in total. The van der Waals surface area contributed by atoms with Gasteiger partial charge in [0.05, 0.1) is 34.0 Å². The Kier molecular flexibility index (Phi) is 6.88. The molecule has 1 aliphatic heterocycles. The number of benzene rings is 2. The molecule has 1 unspecified atom stereocenters. The minimum absolute atomic E-state index is 0.0831. The molecule has 39 heavy (non-hydrogen) atoms. The predicted octanol–water partition coefficient (Wildman–Crippen LogP) is 5.36. The summed E-state index contributed by atoms with van der Waals surface area (Å²) in [4.78, 5) is 48.2. The second-order valence-corrected chi connectivity index (χ2v) is 10.6. The van der Waals surface area contributed by atoms with Crippen molar-refractivity contribution in [3.63, 3.8) is 0 Å². The lowest BCUT2D eigenvalue weighted by Crippen LogP contribution is -2.29. The van der Waals surface area contributed by atoms with E-state index in [2.05, 4.69) is 9.97 Å². The van der Waals surface area contributed by atoms with Gasteiger partial charge in [-0.15, -0.1) is 0 Å². The van der Waals surface area contributed by atoms with Gasteiger partial charge in [-0.25, -0.2) is 9.78 Å². The molecule has 0 saturated carbocycles. The third-order valence-corrected chi connectivity index (χ3v) is 7.31. The molecule has 0 spiro atoms. The van der Waals surface area contributed by atoms with Crippen molar-refractivity contribution in [3.05, 3.63) is 88.8 Å². The van der Waals surface area contributed by atoms with Gasteiger partial charge in [0.15, 0.2) is 5.13 Å². The van der Waals surface area contributed by atoms with Crippen LogP contribution in [-0.2, 0) is 9.59 Å². The zero-order chi connectivity index (χ0) is 27.8. The number of aliphatic hydroxyl groups excluding tert-OH is 1. The number of aliphatic hydroxyl groups is 1. The molecule has 2 aromatic carbocycles. The van der Waals surface area contributed by atoms with E-state index >= 15 is 0 Å². The van der Waals surface area contributed by atoms with Gasteiger partial charge in [0, 0.05) is 18.0 Å². The first kappa shape index (κ1) is 26.1. The van der Waals surface area contributed by atoms with Crippen molar-refractivity contribution in [2.24, 2.45) is 5.92 Å². The summed E-state index contributed by atoms with van der Waals surface area (Å²) in [6.45, 7) is 6.47. The number of hydrogen-bond acceptors (Lipinski definition) is 8. The largest absolute Gasteiger partial charge is 0.507 e. The number of aromatic nitrogens is 2. The third-order valence-electron chi connectivity index (χ3n) is 6.30. The number of carboxylic acid groups (broad SMARTS) is 1. The van der Waals surface area contributed by atoms with Crippen molar-refractivity contribution in [1.82, 2.24) is 9.97 Å². The van der Waals surface area contributed by atoms with Gasteiger partial charge in [-0.3, -0.25) is 19.5 Å². The van der Waals surface area contributed by atoms with Gasteiger partial charge in [0.1, 0.15) is 11.5 Å². The van der Waals surface area contributed by atoms with E-state index in [4.69, 9.17) is 4.74 Å². The van der Waals surface area contributed by atoms with Gasteiger partial charge < -0.3 is 14.9 Å². The minimum Gasteiger partial charge on any atom is -0.507 e. The summed E-state index contributed by atoms with van der Waals surface area (Å²) in [6.07, 6.45) is 3.10. The number of carbonyl (C=O) groups is 3. The quantitative estimate of drug-likeness (QED) is 0.181. The first-order chi connectivity index (χ1) is 18.7. The summed E-state index contributed by atoms with van der Waals surface area (Å²) in [5.74, 6) is -2.11. The van der Waals surface area contributed by atoms with Gasteiger partial charge in [-0.2, -0.15) is 0 Å². The molecule has 1 fully saturated rings. The summed E-state index contributed by atoms with van der Waals surface area (Å²) < 4.78 is 6.38. The predicted molar refractivity (Wildman–Crippen MR) is 147 cm³/mol. The smallest absolute Gasteiger partial charge is 0.335 e. The number of amides is 1. The lowest BCUT2D eigenvalue weighted by Gasteiger charge is -2.22. The summed E-state index contributed by atoms with van der Waals surface area (Å²) in [5.41, 5.74) is 2.13. The van der Waals surface area contributed by atoms with Crippen LogP contribution < -0.4 is 9.64 Å². The average molecular weight is 544 g/mol. The highest BCUT2D eigenvalue weighted by atomic mass is 32.1. The molecule has 1 atom stereocenters. The molecule has 5 rings (SSSR count). The fraction of sp³-hybridized carbons (Fsp3) is 0.207. The molecule has 1 aliphatic rings. The van der Waals surface area contributed by atoms with Crippen LogP contribution >= 0.6 is 11.3 Å². The Labute approximate surface area is 228 Å². The molecule has 1 amide bonds. The number of ether oxygens (including phenoxy) is 1. The van der Waals surface area contributed by atoms with Gasteiger partial charge in [0.25, 0.3) is 5.78 Å². The molecular weight excluding hydrogens is 518 g/mol. The number of hydrogen-bond donors (Lipinski definition) is 2. The fourth-order valence-electron chi connectivity index (χ4n) is 4.40. The summed E-state index contributed by atoms with van der Waals surface area (Å²) in [6, 6.07) is 12.0. The number of carbonyl (C=O) groups excluding carboxylic acids is 2. The first-order valence-electron chi connectivity index (χ1n) is 12.2. The number of pyridine rings is 1. The van der Waals surface area contributed by atoms with E-state index in [1.807, 2.05) is 20.8 Å². The van der Waals surface area contributed by atoms with Crippen molar-refractivity contribution >= 4 is 50.1 Å². The van der Waals surface area contributed by atoms with Crippen LogP contribution in [0.1, 0.15) is 46.9 Å². The van der Waals surface area contributed by atoms with E-state index in [0.29, 0.717) is 39.6 Å². The van der Waals surface area contributed by atoms with Crippen LogP contribution in [0.25, 0.3) is 16.0 Å². The van der Waals surface area contributed by atoms with Crippen molar-refractivity contribution in [2.75, 3.05) is 11.5 Å². The highest BCUT2D eigenvalue weighted by molar-refractivity contribution is 7.22. The number of aromatic carboxylic acids is 1. The SMILES string of the molecule is Cc1cc(/C(O)=C2\C(=O)C(=O)N(c3nc4ccc(C(=O)O)cc4s3)C2c2cccnc2)ccc1OCC(C)C. The van der Waals surface area contributed by atoms with Gasteiger partial charge in [-0.1, -0.05) is 31.3 Å². The summed E-state index contributed by atoms with van der Waals surface area (Å²) in [5, 5.41) is 21.0. The van der Waals surface area contributed by atoms with Crippen molar-refractivity contribution < 1.29 is 29.3 Å². The maximum atomic E-state index is 13.4. The second-order valence-electron chi connectivity index (χ2n) is 9.62. The molecular formula is C29H25N3O6S. The van der Waals surface area contributed by atoms with Crippen LogP contribution in [-0.4, -0.2) is 44.4 Å². The van der Waals surface area contributed by atoms with Crippen molar-refractivity contribution in [1.29, 1.82) is 0 Å².